The Balaban J connectivity index is 2.39. The molecule has 100 valence electrons. The number of aromatic nitrogens is 1. The van der Waals surface area contributed by atoms with Crippen LogP contribution in [-0.2, 0) is 10.0 Å². The Kier molecular flexibility index (Phi) is 4.21. The fourth-order valence-corrected chi connectivity index (χ4v) is 4.28. The topological polar surface area (TPSA) is 70.5 Å². The maximum Gasteiger partial charge on any atom is 0.246 e. The van der Waals surface area contributed by atoms with Crippen LogP contribution in [0.3, 0.4) is 0 Å². The summed E-state index contributed by atoms with van der Waals surface area (Å²) in [5.74, 6) is 0. The van der Waals surface area contributed by atoms with Crippen LogP contribution in [0.2, 0.25) is 5.15 Å². The number of halogens is 1. The predicted octanol–water partition coefficient (Wildman–Crippen LogP) is 1.27. The van der Waals surface area contributed by atoms with Gasteiger partial charge in [0.05, 0.1) is 6.61 Å². The van der Waals surface area contributed by atoms with Crippen LogP contribution in [0.15, 0.2) is 23.2 Å². The van der Waals surface area contributed by atoms with Crippen LogP contribution in [-0.4, -0.2) is 42.0 Å². The summed E-state index contributed by atoms with van der Waals surface area (Å²) in [6, 6.07) is 2.62. The van der Waals surface area contributed by atoms with Crippen molar-refractivity contribution in [3.8, 4) is 0 Å². The van der Waals surface area contributed by atoms with E-state index in [0.717, 1.165) is 12.8 Å². The highest BCUT2D eigenvalue weighted by atomic mass is 35.5. The van der Waals surface area contributed by atoms with E-state index in [9.17, 15) is 13.5 Å². The number of nitrogens with zero attached hydrogens (tertiary/aromatic N) is 2. The largest absolute Gasteiger partial charge is 0.395 e. The number of hydrogen-bond donors (Lipinski definition) is 1. The number of piperidine rings is 1. The van der Waals surface area contributed by atoms with E-state index in [1.54, 1.807) is 0 Å². The van der Waals surface area contributed by atoms with Gasteiger partial charge in [0.25, 0.3) is 0 Å². The lowest BCUT2D eigenvalue weighted by atomic mass is 10.1. The van der Waals surface area contributed by atoms with Gasteiger partial charge in [-0.05, 0) is 25.0 Å². The molecule has 1 N–H and O–H groups in total. The molecule has 1 atom stereocenters. The number of pyridine rings is 1. The van der Waals surface area contributed by atoms with Crippen molar-refractivity contribution < 1.29 is 13.5 Å². The van der Waals surface area contributed by atoms with Gasteiger partial charge < -0.3 is 5.11 Å². The van der Waals surface area contributed by atoms with Crippen molar-refractivity contribution in [1.29, 1.82) is 0 Å². The van der Waals surface area contributed by atoms with Crippen LogP contribution < -0.4 is 0 Å². The maximum absolute atomic E-state index is 12.5. The van der Waals surface area contributed by atoms with E-state index in [4.69, 9.17) is 11.6 Å². The van der Waals surface area contributed by atoms with Crippen LogP contribution in [0.1, 0.15) is 19.3 Å². The minimum Gasteiger partial charge on any atom is -0.395 e. The molecule has 0 bridgehead atoms. The Morgan fingerprint density at radius 1 is 1.50 bits per heavy atom. The van der Waals surface area contributed by atoms with Gasteiger partial charge in [-0.25, -0.2) is 13.4 Å². The van der Waals surface area contributed by atoms with Crippen molar-refractivity contribution >= 4 is 21.6 Å². The van der Waals surface area contributed by atoms with Crippen molar-refractivity contribution in [2.24, 2.45) is 0 Å². The zero-order chi connectivity index (χ0) is 13.2. The Hall–Kier alpha value is -0.690. The van der Waals surface area contributed by atoms with E-state index in [2.05, 4.69) is 4.98 Å². The van der Waals surface area contributed by atoms with Gasteiger partial charge in [0.2, 0.25) is 10.0 Å². The number of sulfonamides is 1. The molecular weight excluding hydrogens is 276 g/mol. The fraction of sp³-hybridized carbons (Fsp3) is 0.545. The van der Waals surface area contributed by atoms with E-state index < -0.39 is 10.0 Å². The zero-order valence-electron chi connectivity index (χ0n) is 9.79. The molecule has 0 spiro atoms. The number of aliphatic hydroxyl groups is 1. The summed E-state index contributed by atoms with van der Waals surface area (Å²) >= 11 is 5.84. The monoisotopic (exact) mass is 290 g/mol. The summed E-state index contributed by atoms with van der Waals surface area (Å²) in [7, 11) is -3.68. The van der Waals surface area contributed by atoms with Crippen molar-refractivity contribution in [1.82, 2.24) is 9.29 Å². The molecule has 1 unspecified atom stereocenters. The molecule has 1 aliphatic rings. The summed E-state index contributed by atoms with van der Waals surface area (Å²) < 4.78 is 26.3. The lowest BCUT2D eigenvalue weighted by molar-refractivity contribution is 0.155. The summed E-state index contributed by atoms with van der Waals surface area (Å²) in [5.41, 5.74) is 0. The van der Waals surface area contributed by atoms with Crippen LogP contribution in [0, 0.1) is 0 Å². The van der Waals surface area contributed by atoms with Gasteiger partial charge in [0, 0.05) is 18.8 Å². The zero-order valence-corrected chi connectivity index (χ0v) is 11.4. The average Bonchev–Trinajstić information content (AvgIpc) is 2.39. The second-order valence-corrected chi connectivity index (χ2v) is 6.46. The molecule has 7 heteroatoms. The highest BCUT2D eigenvalue weighted by Gasteiger charge is 2.34. The van der Waals surface area contributed by atoms with Crippen molar-refractivity contribution in [2.75, 3.05) is 13.2 Å². The SMILES string of the molecule is O=S(=O)(c1cccnc1Cl)N1CCCCC1CO. The van der Waals surface area contributed by atoms with Crippen LogP contribution >= 0.6 is 11.6 Å². The van der Waals surface area contributed by atoms with E-state index in [-0.39, 0.29) is 22.7 Å². The third-order valence-corrected chi connectivity index (χ3v) is 5.49. The van der Waals surface area contributed by atoms with E-state index in [1.807, 2.05) is 0 Å². The molecule has 0 radical (unpaired) electrons. The Morgan fingerprint density at radius 2 is 2.28 bits per heavy atom. The first kappa shape index (κ1) is 13.7. The Labute approximate surface area is 111 Å². The molecule has 2 rings (SSSR count). The molecular formula is C11H15ClN2O3S. The number of rotatable bonds is 3. The van der Waals surface area contributed by atoms with Crippen LogP contribution in [0.25, 0.3) is 0 Å². The third kappa shape index (κ3) is 2.51. The Bertz CT molecular complexity index is 521. The molecule has 1 aromatic rings. The summed E-state index contributed by atoms with van der Waals surface area (Å²) in [5, 5.41) is 9.26. The lowest BCUT2D eigenvalue weighted by Gasteiger charge is -2.33. The molecule has 2 heterocycles. The highest BCUT2D eigenvalue weighted by molar-refractivity contribution is 7.89. The molecule has 18 heavy (non-hydrogen) atoms. The molecule has 1 aliphatic heterocycles. The first-order chi connectivity index (χ1) is 8.57. The number of aliphatic hydroxyl groups excluding tert-OH is 1. The summed E-state index contributed by atoms with van der Waals surface area (Å²) in [4.78, 5) is 3.79. The quantitative estimate of drug-likeness (QED) is 0.851. The van der Waals surface area contributed by atoms with Gasteiger partial charge in [0.1, 0.15) is 10.0 Å². The predicted molar refractivity (Wildman–Crippen MR) is 67.9 cm³/mol. The molecule has 0 aromatic carbocycles. The molecule has 0 aliphatic carbocycles. The van der Waals surface area contributed by atoms with Gasteiger partial charge in [-0.1, -0.05) is 18.0 Å². The minimum absolute atomic E-state index is 0.00650. The van der Waals surface area contributed by atoms with Crippen LogP contribution in [0.4, 0.5) is 0 Å². The molecule has 5 nitrogen and oxygen atoms in total. The highest BCUT2D eigenvalue weighted by Crippen LogP contribution is 2.28. The molecule has 1 aromatic heterocycles. The van der Waals surface area contributed by atoms with E-state index in [0.29, 0.717) is 13.0 Å². The Morgan fingerprint density at radius 3 is 2.94 bits per heavy atom. The maximum atomic E-state index is 12.5. The second-order valence-electron chi connectivity index (χ2n) is 4.24. The van der Waals surface area contributed by atoms with Crippen molar-refractivity contribution in [2.45, 2.75) is 30.2 Å². The fourth-order valence-electron chi connectivity index (χ4n) is 2.16. The van der Waals surface area contributed by atoms with Gasteiger partial charge in [-0.2, -0.15) is 4.31 Å². The average molecular weight is 291 g/mol. The van der Waals surface area contributed by atoms with Gasteiger partial charge >= 0.3 is 0 Å². The van der Waals surface area contributed by atoms with Crippen molar-refractivity contribution in [3.05, 3.63) is 23.5 Å². The smallest absolute Gasteiger partial charge is 0.246 e. The van der Waals surface area contributed by atoms with E-state index >= 15 is 0 Å². The molecule has 1 saturated heterocycles. The summed E-state index contributed by atoms with van der Waals surface area (Å²) in [6.45, 7) is 0.246. The standard InChI is InChI=1S/C11H15ClN2O3S/c12-11-10(5-3-6-13-11)18(16,17)14-7-2-1-4-9(14)8-15/h3,5-6,9,15H,1-2,4,7-8H2. The van der Waals surface area contributed by atoms with E-state index in [1.165, 1.54) is 22.6 Å². The summed E-state index contributed by atoms with van der Waals surface area (Å²) in [6.07, 6.45) is 3.85. The second kappa shape index (κ2) is 5.52. The molecule has 0 saturated carbocycles. The molecule has 1 fully saturated rings. The van der Waals surface area contributed by atoms with Gasteiger partial charge in [0.15, 0.2) is 0 Å². The first-order valence-electron chi connectivity index (χ1n) is 5.80. The lowest BCUT2D eigenvalue weighted by Crippen LogP contribution is -2.45. The number of hydrogen-bond acceptors (Lipinski definition) is 4. The minimum atomic E-state index is -3.68. The first-order valence-corrected chi connectivity index (χ1v) is 7.62. The van der Waals surface area contributed by atoms with Crippen LogP contribution in [0.5, 0.6) is 0 Å². The van der Waals surface area contributed by atoms with Gasteiger partial charge in [-0.15, -0.1) is 0 Å². The normalized spacial score (nSPS) is 22.0. The molecule has 0 amide bonds. The van der Waals surface area contributed by atoms with Gasteiger partial charge in [-0.3, -0.25) is 0 Å². The van der Waals surface area contributed by atoms with Crippen molar-refractivity contribution in [3.63, 3.8) is 0 Å². The third-order valence-electron chi connectivity index (χ3n) is 3.10.